The van der Waals surface area contributed by atoms with Crippen LogP contribution in [-0.4, -0.2) is 28.8 Å². The fourth-order valence-corrected chi connectivity index (χ4v) is 2.02. The van der Waals surface area contributed by atoms with E-state index in [9.17, 15) is 5.11 Å². The molecule has 1 fully saturated rings. The maximum atomic E-state index is 9.38. The molecular weight excluding hydrogens is 202 g/mol. The molecule has 3 N–H and O–H groups in total. The van der Waals surface area contributed by atoms with Crippen molar-refractivity contribution in [2.75, 3.05) is 23.8 Å². The highest BCUT2D eigenvalue weighted by Gasteiger charge is 2.36. The lowest BCUT2D eigenvalue weighted by molar-refractivity contribution is 0.144. The van der Waals surface area contributed by atoms with Gasteiger partial charge in [-0.2, -0.15) is 0 Å². The standard InChI is InChI=1S/C12H19N3O/c1-2-13-11-8-10(4-7-14-11)15-12(9-16)5-3-6-12/h4,7-8,16H,2-3,5-6,9H2,1H3,(H2,13,14,15). The molecule has 4 nitrogen and oxygen atoms in total. The highest BCUT2D eigenvalue weighted by atomic mass is 16.3. The summed E-state index contributed by atoms with van der Waals surface area (Å²) in [6.07, 6.45) is 5.06. The molecule has 1 aromatic rings. The molecule has 0 spiro atoms. The van der Waals surface area contributed by atoms with Crippen molar-refractivity contribution in [3.05, 3.63) is 18.3 Å². The first-order valence-electron chi connectivity index (χ1n) is 5.87. The van der Waals surface area contributed by atoms with Crippen LogP contribution < -0.4 is 10.6 Å². The highest BCUT2D eigenvalue weighted by Crippen LogP contribution is 2.34. The molecule has 0 radical (unpaired) electrons. The third-order valence-corrected chi connectivity index (χ3v) is 3.14. The average Bonchev–Trinajstić information content (AvgIpc) is 2.25. The number of anilines is 2. The van der Waals surface area contributed by atoms with Gasteiger partial charge in [-0.1, -0.05) is 0 Å². The van der Waals surface area contributed by atoms with E-state index in [1.54, 1.807) is 6.20 Å². The van der Waals surface area contributed by atoms with Gasteiger partial charge in [0, 0.05) is 24.5 Å². The molecule has 16 heavy (non-hydrogen) atoms. The van der Waals surface area contributed by atoms with Crippen molar-refractivity contribution in [3.8, 4) is 0 Å². The number of pyridine rings is 1. The molecule has 1 saturated carbocycles. The van der Waals surface area contributed by atoms with E-state index in [2.05, 4.69) is 15.6 Å². The molecule has 1 aliphatic carbocycles. The summed E-state index contributed by atoms with van der Waals surface area (Å²) in [4.78, 5) is 4.22. The lowest BCUT2D eigenvalue weighted by Crippen LogP contribution is -2.48. The number of rotatable bonds is 5. The summed E-state index contributed by atoms with van der Waals surface area (Å²) in [7, 11) is 0. The van der Waals surface area contributed by atoms with Crippen LogP contribution in [0.2, 0.25) is 0 Å². The molecule has 1 aromatic heterocycles. The number of aliphatic hydroxyl groups excluding tert-OH is 1. The van der Waals surface area contributed by atoms with E-state index in [0.29, 0.717) is 0 Å². The predicted molar refractivity (Wildman–Crippen MR) is 65.7 cm³/mol. The van der Waals surface area contributed by atoms with Gasteiger partial charge in [-0.25, -0.2) is 4.98 Å². The average molecular weight is 221 g/mol. The monoisotopic (exact) mass is 221 g/mol. The van der Waals surface area contributed by atoms with Crippen molar-refractivity contribution < 1.29 is 5.11 Å². The van der Waals surface area contributed by atoms with Crippen LogP contribution in [0, 0.1) is 0 Å². The van der Waals surface area contributed by atoms with Crippen LogP contribution in [0.4, 0.5) is 11.5 Å². The Labute approximate surface area is 96.1 Å². The van der Waals surface area contributed by atoms with Gasteiger partial charge in [0.1, 0.15) is 5.82 Å². The van der Waals surface area contributed by atoms with Gasteiger partial charge in [0.25, 0.3) is 0 Å². The Kier molecular flexibility index (Phi) is 3.29. The van der Waals surface area contributed by atoms with Crippen LogP contribution in [-0.2, 0) is 0 Å². The fourth-order valence-electron chi connectivity index (χ4n) is 2.02. The number of hydrogen-bond acceptors (Lipinski definition) is 4. The first-order chi connectivity index (χ1) is 7.78. The second-order valence-corrected chi connectivity index (χ2v) is 4.38. The molecule has 0 unspecified atom stereocenters. The van der Waals surface area contributed by atoms with Crippen molar-refractivity contribution in [3.63, 3.8) is 0 Å². The maximum Gasteiger partial charge on any atom is 0.127 e. The van der Waals surface area contributed by atoms with Crippen LogP contribution in [0.15, 0.2) is 18.3 Å². The second-order valence-electron chi connectivity index (χ2n) is 4.38. The van der Waals surface area contributed by atoms with Gasteiger partial charge >= 0.3 is 0 Å². The van der Waals surface area contributed by atoms with Crippen molar-refractivity contribution >= 4 is 11.5 Å². The number of aliphatic hydroxyl groups is 1. The van der Waals surface area contributed by atoms with E-state index < -0.39 is 0 Å². The van der Waals surface area contributed by atoms with E-state index in [0.717, 1.165) is 30.9 Å². The topological polar surface area (TPSA) is 57.2 Å². The quantitative estimate of drug-likeness (QED) is 0.710. The third-order valence-electron chi connectivity index (χ3n) is 3.14. The lowest BCUT2D eigenvalue weighted by Gasteiger charge is -2.41. The second kappa shape index (κ2) is 4.70. The van der Waals surface area contributed by atoms with E-state index in [1.165, 1.54) is 6.42 Å². The van der Waals surface area contributed by atoms with Gasteiger partial charge in [-0.3, -0.25) is 0 Å². The van der Waals surface area contributed by atoms with E-state index in [-0.39, 0.29) is 12.1 Å². The highest BCUT2D eigenvalue weighted by molar-refractivity contribution is 5.53. The Morgan fingerprint density at radius 1 is 1.50 bits per heavy atom. The van der Waals surface area contributed by atoms with Gasteiger partial charge in [0.05, 0.1) is 12.1 Å². The Balaban J connectivity index is 2.05. The Hall–Kier alpha value is -1.29. The molecule has 1 heterocycles. The molecular formula is C12H19N3O. The number of hydrogen-bond donors (Lipinski definition) is 3. The molecule has 0 amide bonds. The zero-order valence-electron chi connectivity index (χ0n) is 9.66. The molecule has 0 bridgehead atoms. The van der Waals surface area contributed by atoms with Crippen LogP contribution in [0.5, 0.6) is 0 Å². The Bertz CT molecular complexity index is 344. The summed E-state index contributed by atoms with van der Waals surface area (Å²) >= 11 is 0. The van der Waals surface area contributed by atoms with Gasteiger partial charge < -0.3 is 15.7 Å². The molecule has 0 aliphatic heterocycles. The largest absolute Gasteiger partial charge is 0.394 e. The van der Waals surface area contributed by atoms with Crippen molar-refractivity contribution in [1.82, 2.24) is 4.98 Å². The van der Waals surface area contributed by atoms with Crippen molar-refractivity contribution in [2.45, 2.75) is 31.7 Å². The maximum absolute atomic E-state index is 9.38. The van der Waals surface area contributed by atoms with Gasteiger partial charge in [0.15, 0.2) is 0 Å². The zero-order chi connectivity index (χ0) is 11.4. The summed E-state index contributed by atoms with van der Waals surface area (Å²) in [5, 5.41) is 16.0. The van der Waals surface area contributed by atoms with Crippen LogP contribution in [0.3, 0.4) is 0 Å². The predicted octanol–water partition coefficient (Wildman–Crippen LogP) is 1.84. The molecule has 0 atom stereocenters. The molecule has 0 aromatic carbocycles. The fraction of sp³-hybridized carbons (Fsp3) is 0.583. The number of nitrogens with one attached hydrogen (secondary N) is 2. The van der Waals surface area contributed by atoms with Crippen LogP contribution in [0.1, 0.15) is 26.2 Å². The summed E-state index contributed by atoms with van der Waals surface area (Å²) in [5.74, 6) is 0.875. The first kappa shape index (κ1) is 11.2. The number of aromatic nitrogens is 1. The zero-order valence-corrected chi connectivity index (χ0v) is 9.66. The molecule has 4 heteroatoms. The first-order valence-corrected chi connectivity index (χ1v) is 5.87. The normalized spacial score (nSPS) is 17.6. The van der Waals surface area contributed by atoms with Crippen LogP contribution >= 0.6 is 0 Å². The minimum atomic E-state index is -0.0924. The van der Waals surface area contributed by atoms with Crippen LogP contribution in [0.25, 0.3) is 0 Å². The van der Waals surface area contributed by atoms with E-state index >= 15 is 0 Å². The van der Waals surface area contributed by atoms with Gasteiger partial charge in [-0.15, -0.1) is 0 Å². The minimum Gasteiger partial charge on any atom is -0.394 e. The van der Waals surface area contributed by atoms with Crippen molar-refractivity contribution in [2.24, 2.45) is 0 Å². The number of nitrogens with zero attached hydrogens (tertiary/aromatic N) is 1. The van der Waals surface area contributed by atoms with Crippen molar-refractivity contribution in [1.29, 1.82) is 0 Å². The lowest BCUT2D eigenvalue weighted by atomic mass is 9.77. The Morgan fingerprint density at radius 3 is 2.88 bits per heavy atom. The molecule has 1 aliphatic rings. The Morgan fingerprint density at radius 2 is 2.31 bits per heavy atom. The van der Waals surface area contributed by atoms with Gasteiger partial charge in [-0.05, 0) is 32.3 Å². The van der Waals surface area contributed by atoms with E-state index in [1.807, 2.05) is 19.1 Å². The molecule has 0 saturated heterocycles. The van der Waals surface area contributed by atoms with E-state index in [4.69, 9.17) is 0 Å². The molecule has 88 valence electrons. The summed E-state index contributed by atoms with van der Waals surface area (Å²) in [6.45, 7) is 3.11. The smallest absolute Gasteiger partial charge is 0.127 e. The summed E-state index contributed by atoms with van der Waals surface area (Å²) < 4.78 is 0. The summed E-state index contributed by atoms with van der Waals surface area (Å²) in [6, 6.07) is 3.93. The third kappa shape index (κ3) is 2.27. The minimum absolute atomic E-state index is 0.0924. The molecule has 2 rings (SSSR count). The van der Waals surface area contributed by atoms with Gasteiger partial charge in [0.2, 0.25) is 0 Å². The SMILES string of the molecule is CCNc1cc(NC2(CO)CCC2)ccn1. The summed E-state index contributed by atoms with van der Waals surface area (Å²) in [5.41, 5.74) is 0.935.